The highest BCUT2D eigenvalue weighted by Gasteiger charge is 2.35. The maximum Gasteiger partial charge on any atom is 0.261 e. The fraction of sp³-hybridized carbons (Fsp3) is 0.300. The molecule has 24 heavy (non-hydrogen) atoms. The highest BCUT2D eigenvalue weighted by atomic mass is 16.2. The molecule has 0 N–H and O–H groups in total. The van der Waals surface area contributed by atoms with Crippen LogP contribution in [-0.2, 0) is 6.54 Å². The topological polar surface area (TPSA) is 40.6 Å². The summed E-state index contributed by atoms with van der Waals surface area (Å²) < 4.78 is 0. The maximum atomic E-state index is 12.4. The van der Waals surface area contributed by atoms with E-state index >= 15 is 0 Å². The van der Waals surface area contributed by atoms with Crippen LogP contribution in [0.25, 0.3) is 0 Å². The van der Waals surface area contributed by atoms with Crippen LogP contribution in [0.4, 0.5) is 0 Å². The van der Waals surface area contributed by atoms with Crippen molar-refractivity contribution in [2.45, 2.75) is 26.4 Å². The van der Waals surface area contributed by atoms with Gasteiger partial charge in [0.15, 0.2) is 0 Å². The van der Waals surface area contributed by atoms with Crippen molar-refractivity contribution in [3.8, 4) is 0 Å². The van der Waals surface area contributed by atoms with Gasteiger partial charge < -0.3 is 0 Å². The Morgan fingerprint density at radius 1 is 0.875 bits per heavy atom. The number of rotatable bonds is 6. The predicted molar refractivity (Wildman–Crippen MR) is 93.8 cm³/mol. The Hall–Kier alpha value is -2.46. The average Bonchev–Trinajstić information content (AvgIpc) is 2.84. The number of hydrogen-bond acceptors (Lipinski definition) is 3. The van der Waals surface area contributed by atoms with Crippen molar-refractivity contribution in [2.24, 2.45) is 0 Å². The number of fused-ring (bicyclic) bond motifs is 1. The molecule has 2 aromatic rings. The summed E-state index contributed by atoms with van der Waals surface area (Å²) in [7, 11) is 0. The Bertz CT molecular complexity index is 705. The van der Waals surface area contributed by atoms with Gasteiger partial charge in [-0.05, 0) is 31.5 Å². The lowest BCUT2D eigenvalue weighted by molar-refractivity contribution is 0.0625. The van der Waals surface area contributed by atoms with Gasteiger partial charge in [-0.3, -0.25) is 19.4 Å². The van der Waals surface area contributed by atoms with E-state index in [2.05, 4.69) is 30.9 Å². The first kappa shape index (κ1) is 16.4. The Morgan fingerprint density at radius 3 is 1.96 bits per heavy atom. The minimum absolute atomic E-state index is 0.181. The predicted octanol–water partition coefficient (Wildman–Crippen LogP) is 3.19. The van der Waals surface area contributed by atoms with Crippen LogP contribution in [0.3, 0.4) is 0 Å². The molecule has 0 saturated carbocycles. The second kappa shape index (κ2) is 6.97. The molecule has 3 rings (SSSR count). The normalized spacial score (nSPS) is 13.9. The van der Waals surface area contributed by atoms with Crippen LogP contribution in [0.1, 0.15) is 40.1 Å². The first-order valence-electron chi connectivity index (χ1n) is 8.31. The third-order valence-electron chi connectivity index (χ3n) is 4.45. The summed E-state index contributed by atoms with van der Waals surface area (Å²) in [5.74, 6) is -0.363. The standard InChI is InChI=1S/C20H22N2O2/c1-15(2)21(14-16-8-4-3-5-9-16)12-13-22-19(23)17-10-6-7-11-18(17)20(22)24/h3-11,15H,12-14H2,1-2H3. The highest BCUT2D eigenvalue weighted by Crippen LogP contribution is 2.22. The largest absolute Gasteiger partial charge is 0.295 e. The van der Waals surface area contributed by atoms with Crippen LogP contribution < -0.4 is 0 Å². The van der Waals surface area contributed by atoms with Crippen molar-refractivity contribution in [1.82, 2.24) is 9.80 Å². The van der Waals surface area contributed by atoms with Gasteiger partial charge in [-0.1, -0.05) is 42.5 Å². The van der Waals surface area contributed by atoms with E-state index in [4.69, 9.17) is 0 Å². The fourth-order valence-electron chi connectivity index (χ4n) is 3.01. The minimum atomic E-state index is -0.181. The van der Waals surface area contributed by atoms with Gasteiger partial charge in [0.05, 0.1) is 11.1 Å². The lowest BCUT2D eigenvalue weighted by atomic mass is 10.1. The first-order chi connectivity index (χ1) is 11.6. The molecule has 2 aromatic carbocycles. The molecular formula is C20H22N2O2. The number of imide groups is 1. The maximum absolute atomic E-state index is 12.4. The van der Waals surface area contributed by atoms with Crippen molar-refractivity contribution in [3.63, 3.8) is 0 Å². The van der Waals surface area contributed by atoms with Gasteiger partial charge in [-0.15, -0.1) is 0 Å². The zero-order valence-electron chi connectivity index (χ0n) is 14.1. The van der Waals surface area contributed by atoms with E-state index in [0.717, 1.165) is 6.54 Å². The van der Waals surface area contributed by atoms with Crippen LogP contribution in [-0.4, -0.2) is 40.7 Å². The van der Waals surface area contributed by atoms with E-state index in [9.17, 15) is 9.59 Å². The molecule has 124 valence electrons. The molecular weight excluding hydrogens is 300 g/mol. The molecule has 1 aliphatic heterocycles. The summed E-state index contributed by atoms with van der Waals surface area (Å²) >= 11 is 0. The van der Waals surface area contributed by atoms with Crippen molar-refractivity contribution >= 4 is 11.8 Å². The molecule has 0 saturated heterocycles. The van der Waals surface area contributed by atoms with Crippen molar-refractivity contribution < 1.29 is 9.59 Å². The van der Waals surface area contributed by atoms with E-state index in [1.165, 1.54) is 10.5 Å². The van der Waals surface area contributed by atoms with Gasteiger partial charge in [0.25, 0.3) is 11.8 Å². The lowest BCUT2D eigenvalue weighted by Gasteiger charge is -2.28. The molecule has 0 aromatic heterocycles. The van der Waals surface area contributed by atoms with Gasteiger partial charge >= 0.3 is 0 Å². The molecule has 0 fully saturated rings. The number of benzene rings is 2. The molecule has 2 amide bonds. The molecule has 1 heterocycles. The number of hydrogen-bond donors (Lipinski definition) is 0. The Kier molecular flexibility index (Phi) is 4.76. The second-order valence-electron chi connectivity index (χ2n) is 6.36. The summed E-state index contributed by atoms with van der Waals surface area (Å²) in [4.78, 5) is 28.5. The van der Waals surface area contributed by atoms with Crippen molar-refractivity contribution in [3.05, 3.63) is 71.3 Å². The average molecular weight is 322 g/mol. The van der Waals surface area contributed by atoms with Crippen LogP contribution >= 0.6 is 0 Å². The molecule has 1 aliphatic rings. The summed E-state index contributed by atoms with van der Waals surface area (Å²) in [5.41, 5.74) is 2.26. The third-order valence-corrected chi connectivity index (χ3v) is 4.45. The number of carbonyl (C=O) groups excluding carboxylic acids is 2. The lowest BCUT2D eigenvalue weighted by Crippen LogP contribution is -2.40. The van der Waals surface area contributed by atoms with Gasteiger partial charge in [-0.25, -0.2) is 0 Å². The number of nitrogens with zero attached hydrogens (tertiary/aromatic N) is 2. The minimum Gasteiger partial charge on any atom is -0.295 e. The molecule has 4 heteroatoms. The zero-order chi connectivity index (χ0) is 17.1. The van der Waals surface area contributed by atoms with Crippen LogP contribution in [0.2, 0.25) is 0 Å². The van der Waals surface area contributed by atoms with Crippen molar-refractivity contribution in [2.75, 3.05) is 13.1 Å². The van der Waals surface area contributed by atoms with Crippen LogP contribution in [0, 0.1) is 0 Å². The SMILES string of the molecule is CC(C)N(CCN1C(=O)c2ccccc2C1=O)Cc1ccccc1. The summed E-state index contributed by atoms with van der Waals surface area (Å²) in [5, 5.41) is 0. The van der Waals surface area contributed by atoms with Gasteiger partial charge in [0.2, 0.25) is 0 Å². The molecule has 0 spiro atoms. The van der Waals surface area contributed by atoms with E-state index in [1.54, 1.807) is 24.3 Å². The van der Waals surface area contributed by atoms with Gasteiger partial charge in [0.1, 0.15) is 0 Å². The Morgan fingerprint density at radius 2 is 1.42 bits per heavy atom. The molecule has 0 bridgehead atoms. The van der Waals surface area contributed by atoms with Crippen LogP contribution in [0.15, 0.2) is 54.6 Å². The van der Waals surface area contributed by atoms with Crippen LogP contribution in [0.5, 0.6) is 0 Å². The van der Waals surface area contributed by atoms with E-state index in [-0.39, 0.29) is 11.8 Å². The number of amides is 2. The van der Waals surface area contributed by atoms with Gasteiger partial charge in [0, 0.05) is 25.7 Å². The molecule has 0 aliphatic carbocycles. The zero-order valence-corrected chi connectivity index (χ0v) is 14.1. The monoisotopic (exact) mass is 322 g/mol. The Balaban J connectivity index is 1.68. The van der Waals surface area contributed by atoms with E-state index in [1.807, 2.05) is 18.2 Å². The van der Waals surface area contributed by atoms with E-state index in [0.29, 0.717) is 30.3 Å². The summed E-state index contributed by atoms with van der Waals surface area (Å²) in [6, 6.07) is 17.6. The molecule has 0 unspecified atom stereocenters. The highest BCUT2D eigenvalue weighted by molar-refractivity contribution is 6.21. The number of carbonyl (C=O) groups is 2. The Labute approximate surface area is 142 Å². The molecule has 4 nitrogen and oxygen atoms in total. The fourth-order valence-corrected chi connectivity index (χ4v) is 3.01. The third kappa shape index (κ3) is 3.24. The first-order valence-corrected chi connectivity index (χ1v) is 8.31. The second-order valence-corrected chi connectivity index (χ2v) is 6.36. The van der Waals surface area contributed by atoms with Crippen molar-refractivity contribution in [1.29, 1.82) is 0 Å². The summed E-state index contributed by atoms with van der Waals surface area (Å²) in [6.45, 7) is 6.15. The quantitative estimate of drug-likeness (QED) is 0.767. The molecule has 0 radical (unpaired) electrons. The molecule has 0 atom stereocenters. The van der Waals surface area contributed by atoms with E-state index < -0.39 is 0 Å². The smallest absolute Gasteiger partial charge is 0.261 e. The summed E-state index contributed by atoms with van der Waals surface area (Å²) in [6.07, 6.45) is 0. The van der Waals surface area contributed by atoms with Gasteiger partial charge in [-0.2, -0.15) is 0 Å².